The maximum Gasteiger partial charge on any atom is 0.193 e. The minimum Gasteiger partial charge on any atom is -0.489 e. The number of rotatable bonds is 6. The quantitative estimate of drug-likeness (QED) is 0.359. The third-order valence-corrected chi connectivity index (χ3v) is 12.1. The van der Waals surface area contributed by atoms with E-state index in [0.29, 0.717) is 36.4 Å². The van der Waals surface area contributed by atoms with E-state index in [4.69, 9.17) is 19.9 Å². The summed E-state index contributed by atoms with van der Waals surface area (Å²) >= 11 is 3.64. The smallest absolute Gasteiger partial charge is 0.193 e. The van der Waals surface area contributed by atoms with Gasteiger partial charge in [-0.05, 0) is 85.6 Å². The number of aliphatic hydroxyl groups excluding tert-OH is 2. The highest BCUT2D eigenvalue weighted by molar-refractivity contribution is 9.10. The lowest BCUT2D eigenvalue weighted by atomic mass is 9.46. The number of anilines is 1. The average molecular weight is 665 g/mol. The number of ketones is 2. The summed E-state index contributed by atoms with van der Waals surface area (Å²) in [7, 11) is 0. The second-order valence-electron chi connectivity index (χ2n) is 13.6. The van der Waals surface area contributed by atoms with E-state index in [0.717, 1.165) is 28.5 Å². The standard InChI is InChI=1S/C35H38BrNO7/c1-33-11-10-22(39)13-20(33)6-8-24-26-15-30-35(29(41)17-38,34(26,2)16-28(40)31(24)33)44-32(43-30)25-14-23(7-9-27(25)36)42-18-19-4-3-5-21(37)12-19/h3-5,7,9-14,24,26,28,30-32,38,40H,6,8,15-18,37H2,1-2H3/t24-,26-,28-,30+,31+,32+,33-,34-,35+/m0/s1. The summed E-state index contributed by atoms with van der Waals surface area (Å²) in [5.74, 6) is 0.209. The first kappa shape index (κ1) is 29.9. The van der Waals surface area contributed by atoms with Crippen LogP contribution in [0.5, 0.6) is 5.75 Å². The van der Waals surface area contributed by atoms with Crippen LogP contribution < -0.4 is 10.5 Å². The minimum atomic E-state index is -1.42. The molecule has 4 fully saturated rings. The number of halogens is 1. The molecule has 3 saturated carbocycles. The van der Waals surface area contributed by atoms with Crippen molar-refractivity contribution >= 4 is 33.2 Å². The topological polar surface area (TPSA) is 128 Å². The molecule has 1 aliphatic heterocycles. The zero-order valence-electron chi connectivity index (χ0n) is 24.9. The van der Waals surface area contributed by atoms with E-state index in [9.17, 15) is 19.8 Å². The number of fused-ring (bicyclic) bond motifs is 7. The largest absolute Gasteiger partial charge is 0.489 e. The Hall–Kier alpha value is -2.82. The second kappa shape index (κ2) is 10.6. The number of carbonyl (C=O) groups excluding carboxylic acids is 2. The number of ether oxygens (including phenoxy) is 3. The van der Waals surface area contributed by atoms with Crippen LogP contribution >= 0.6 is 15.9 Å². The predicted octanol–water partition coefficient (Wildman–Crippen LogP) is 5.21. The van der Waals surface area contributed by atoms with E-state index in [-0.39, 0.29) is 23.5 Å². The Bertz CT molecular complexity index is 1590. The number of benzene rings is 2. The van der Waals surface area contributed by atoms with Gasteiger partial charge >= 0.3 is 0 Å². The molecule has 7 rings (SSSR count). The van der Waals surface area contributed by atoms with Gasteiger partial charge in [0.15, 0.2) is 23.5 Å². The summed E-state index contributed by atoms with van der Waals surface area (Å²) < 4.78 is 20.2. The Kier molecular flexibility index (Phi) is 7.21. The SMILES string of the molecule is C[C@]12C=CC(=O)C=C1CC[C@@H]1[C@@H]2[C@@H](O)C[C@@]2(C)[C@H]1C[C@H]1O[C@@H](c3cc(OCc4cccc(N)c4)ccc3Br)O[C@]12C(=O)CO. The number of hydrogen-bond acceptors (Lipinski definition) is 8. The van der Waals surface area contributed by atoms with Gasteiger partial charge in [-0.2, -0.15) is 0 Å². The van der Waals surface area contributed by atoms with Crippen LogP contribution in [0.2, 0.25) is 0 Å². The lowest BCUT2D eigenvalue weighted by Crippen LogP contribution is -2.63. The zero-order chi connectivity index (χ0) is 31.0. The van der Waals surface area contributed by atoms with Gasteiger partial charge in [-0.15, -0.1) is 0 Å². The van der Waals surface area contributed by atoms with Gasteiger partial charge in [0.2, 0.25) is 0 Å². The second-order valence-corrected chi connectivity index (χ2v) is 14.4. The normalized spacial score (nSPS) is 38.8. The Balaban J connectivity index is 1.19. The van der Waals surface area contributed by atoms with Crippen molar-refractivity contribution in [2.75, 3.05) is 12.3 Å². The van der Waals surface area contributed by atoms with Gasteiger partial charge < -0.3 is 30.2 Å². The predicted molar refractivity (Wildman–Crippen MR) is 166 cm³/mol. The maximum absolute atomic E-state index is 13.8. The molecule has 0 radical (unpaired) electrons. The van der Waals surface area contributed by atoms with Crippen LogP contribution in [0.25, 0.3) is 0 Å². The van der Waals surface area contributed by atoms with Crippen LogP contribution in [0.15, 0.2) is 70.7 Å². The molecule has 232 valence electrons. The lowest BCUT2D eigenvalue weighted by Gasteiger charge is -2.59. The first-order valence-corrected chi connectivity index (χ1v) is 16.2. The highest BCUT2D eigenvalue weighted by Gasteiger charge is 2.76. The molecule has 1 saturated heterocycles. The van der Waals surface area contributed by atoms with Crippen molar-refractivity contribution in [3.63, 3.8) is 0 Å². The van der Waals surface area contributed by atoms with Gasteiger partial charge in [-0.1, -0.05) is 53.6 Å². The highest BCUT2D eigenvalue weighted by atomic mass is 79.9. The summed E-state index contributed by atoms with van der Waals surface area (Å²) in [5, 5.41) is 22.1. The number of Topliss-reactive ketones (excluding diaryl/α,β-unsaturated/α-hetero) is 1. The van der Waals surface area contributed by atoms with Crippen LogP contribution in [-0.4, -0.2) is 46.2 Å². The van der Waals surface area contributed by atoms with Crippen LogP contribution in [-0.2, 0) is 25.7 Å². The van der Waals surface area contributed by atoms with Gasteiger partial charge in [-0.25, -0.2) is 0 Å². The van der Waals surface area contributed by atoms with Crippen LogP contribution in [0, 0.1) is 28.6 Å². The summed E-state index contributed by atoms with van der Waals surface area (Å²) in [6.45, 7) is 3.80. The molecule has 0 bridgehead atoms. The molecule has 9 atom stereocenters. The molecule has 0 amide bonds. The number of hydrogen-bond donors (Lipinski definition) is 3. The first-order valence-electron chi connectivity index (χ1n) is 15.4. The minimum absolute atomic E-state index is 0.00723. The molecular formula is C35H38BrNO7. The van der Waals surface area contributed by atoms with Crippen molar-refractivity contribution in [2.45, 2.75) is 70.2 Å². The molecule has 2 aromatic carbocycles. The summed E-state index contributed by atoms with van der Waals surface area (Å²) in [6, 6.07) is 13.1. The van der Waals surface area contributed by atoms with Crippen molar-refractivity contribution in [1.82, 2.24) is 0 Å². The van der Waals surface area contributed by atoms with Crippen molar-refractivity contribution in [3.05, 3.63) is 81.9 Å². The van der Waals surface area contributed by atoms with Crippen LogP contribution in [0.4, 0.5) is 5.69 Å². The van der Waals surface area contributed by atoms with Crippen LogP contribution in [0.1, 0.15) is 56.9 Å². The summed E-state index contributed by atoms with van der Waals surface area (Å²) in [5.41, 5.74) is 6.65. The van der Waals surface area contributed by atoms with E-state index in [1.165, 1.54) is 0 Å². The number of nitrogens with two attached hydrogens (primary N) is 1. The van der Waals surface area contributed by atoms with E-state index in [1.807, 2.05) is 55.5 Å². The fourth-order valence-corrected chi connectivity index (χ4v) is 9.90. The van der Waals surface area contributed by atoms with Crippen molar-refractivity contribution in [3.8, 4) is 5.75 Å². The van der Waals surface area contributed by atoms with Crippen LogP contribution in [0.3, 0.4) is 0 Å². The number of allylic oxidation sites excluding steroid dienone is 4. The third-order valence-electron chi connectivity index (χ3n) is 11.4. The summed E-state index contributed by atoms with van der Waals surface area (Å²) in [4.78, 5) is 26.0. The van der Waals surface area contributed by atoms with Gasteiger partial charge in [0.1, 0.15) is 19.0 Å². The number of carbonyl (C=O) groups is 2. The van der Waals surface area contributed by atoms with E-state index in [1.54, 1.807) is 12.2 Å². The molecule has 2 aromatic rings. The van der Waals surface area contributed by atoms with Crippen molar-refractivity contribution in [2.24, 2.45) is 28.6 Å². The molecule has 0 spiro atoms. The maximum atomic E-state index is 13.8. The fourth-order valence-electron chi connectivity index (χ4n) is 9.47. The zero-order valence-corrected chi connectivity index (χ0v) is 26.5. The first-order chi connectivity index (χ1) is 21.0. The van der Waals surface area contributed by atoms with Crippen molar-refractivity contribution in [1.29, 1.82) is 0 Å². The van der Waals surface area contributed by atoms with E-state index in [2.05, 4.69) is 22.9 Å². The van der Waals surface area contributed by atoms with Gasteiger partial charge in [0, 0.05) is 32.5 Å². The van der Waals surface area contributed by atoms with Gasteiger partial charge in [0.25, 0.3) is 0 Å². The van der Waals surface area contributed by atoms with Gasteiger partial charge in [0.05, 0.1) is 12.2 Å². The molecule has 4 aliphatic carbocycles. The van der Waals surface area contributed by atoms with E-state index < -0.39 is 47.3 Å². The monoisotopic (exact) mass is 663 g/mol. The number of aliphatic hydroxyl groups is 2. The summed E-state index contributed by atoms with van der Waals surface area (Å²) in [6.07, 6.45) is 5.60. The average Bonchev–Trinajstić information content (AvgIpc) is 3.49. The lowest BCUT2D eigenvalue weighted by molar-refractivity contribution is -0.201. The molecule has 9 heteroatoms. The number of nitrogen functional groups attached to an aromatic ring is 1. The Morgan fingerprint density at radius 3 is 2.80 bits per heavy atom. The molecule has 1 heterocycles. The molecule has 4 N–H and O–H groups in total. The third kappa shape index (κ3) is 4.31. The fraction of sp³-hybridized carbons (Fsp3) is 0.486. The Morgan fingerprint density at radius 2 is 2.02 bits per heavy atom. The Morgan fingerprint density at radius 1 is 1.20 bits per heavy atom. The highest BCUT2D eigenvalue weighted by Crippen LogP contribution is 2.70. The molecule has 0 unspecified atom stereocenters. The van der Waals surface area contributed by atoms with Gasteiger partial charge in [-0.3, -0.25) is 9.59 Å². The molecule has 8 nitrogen and oxygen atoms in total. The van der Waals surface area contributed by atoms with Crippen molar-refractivity contribution < 1.29 is 34.0 Å². The molecular weight excluding hydrogens is 626 g/mol. The molecule has 44 heavy (non-hydrogen) atoms. The van der Waals surface area contributed by atoms with E-state index >= 15 is 0 Å². The Labute approximate surface area is 265 Å². The molecule has 5 aliphatic rings. The molecule has 0 aromatic heterocycles.